The van der Waals surface area contributed by atoms with E-state index in [1.54, 1.807) is 27.7 Å². The summed E-state index contributed by atoms with van der Waals surface area (Å²) in [6.45, 7) is 6.89. The van der Waals surface area contributed by atoms with E-state index in [2.05, 4.69) is 93.6 Å². The van der Waals surface area contributed by atoms with E-state index in [-0.39, 0.29) is 21.8 Å². The molecule has 0 aliphatic carbocycles. The van der Waals surface area contributed by atoms with Gasteiger partial charge in [0.05, 0.1) is 27.7 Å². The van der Waals surface area contributed by atoms with Gasteiger partial charge in [-0.05, 0) is 116 Å². The average molecular weight is 780 g/mol. The van der Waals surface area contributed by atoms with Crippen LogP contribution < -0.4 is 9.47 Å². The molecule has 2 aromatic carbocycles. The van der Waals surface area contributed by atoms with Crippen LogP contribution in [0.4, 0.5) is 0 Å². The fraction of sp³-hybridized carbons (Fsp3) is 0.182. The van der Waals surface area contributed by atoms with E-state index in [1.165, 1.54) is 24.3 Å². The Morgan fingerprint density at radius 3 is 1.08 bits per heavy atom. The molecule has 0 aliphatic heterocycles. The van der Waals surface area contributed by atoms with Gasteiger partial charge in [0.1, 0.15) is 23.3 Å². The van der Waals surface area contributed by atoms with Gasteiger partial charge in [0.25, 0.3) is 0 Å². The summed E-state index contributed by atoms with van der Waals surface area (Å²) in [5, 5.41) is 0. The molecular weight excluding hydrogens is 764 g/mol. The van der Waals surface area contributed by atoms with Crippen molar-refractivity contribution in [3.63, 3.8) is 0 Å². The summed E-state index contributed by atoms with van der Waals surface area (Å²) >= 11 is 13.6. The molecule has 10 nitrogen and oxygen atoms in total. The molecule has 0 aliphatic rings. The first kappa shape index (κ1) is 28.0. The van der Waals surface area contributed by atoms with Crippen molar-refractivity contribution in [1.82, 2.24) is 29.9 Å². The second kappa shape index (κ2) is 11.0. The second-order valence-corrected chi connectivity index (χ2v) is 12.9. The summed E-state index contributed by atoms with van der Waals surface area (Å²) in [5.41, 5.74) is 0. The van der Waals surface area contributed by atoms with Crippen molar-refractivity contribution in [2.24, 2.45) is 0 Å². The van der Waals surface area contributed by atoms with Gasteiger partial charge in [-0.3, -0.25) is 0 Å². The lowest BCUT2D eigenvalue weighted by Crippen LogP contribution is -2.05. The summed E-state index contributed by atoms with van der Waals surface area (Å²) in [7, 11) is -3.95. The van der Waals surface area contributed by atoms with E-state index in [9.17, 15) is 8.42 Å². The second-order valence-electron chi connectivity index (χ2n) is 7.56. The van der Waals surface area contributed by atoms with Gasteiger partial charge in [-0.2, -0.15) is 19.9 Å². The number of nitrogens with zero attached hydrogens (tertiary/aromatic N) is 6. The van der Waals surface area contributed by atoms with Crippen molar-refractivity contribution in [1.29, 1.82) is 0 Å². The molecule has 0 bridgehead atoms. The van der Waals surface area contributed by atoms with Crippen molar-refractivity contribution < 1.29 is 17.9 Å². The predicted octanol–water partition coefficient (Wildman–Crippen LogP) is 6.76. The van der Waals surface area contributed by atoms with Gasteiger partial charge in [-0.15, -0.1) is 0 Å². The molecule has 0 radical (unpaired) electrons. The number of hydrogen-bond donors (Lipinski definition) is 0. The van der Waals surface area contributed by atoms with Crippen LogP contribution in [0, 0.1) is 27.7 Å². The van der Waals surface area contributed by atoms with Gasteiger partial charge in [-0.1, -0.05) is 0 Å². The fourth-order valence-corrected chi connectivity index (χ4v) is 7.83. The standard InChI is InChI=1S/C22H16Br4N6O4S/c1-9-27-10(2)30-21(29-9)35-19-15(23)5-13(6-16(19)24)37(33,34)14-7-17(25)20(18(26)8-14)36-22-31-11(3)28-12(4)32-22/h5-8H,1-4H3. The Hall–Kier alpha value is -2.07. The van der Waals surface area contributed by atoms with Gasteiger partial charge in [0, 0.05) is 0 Å². The van der Waals surface area contributed by atoms with Crippen molar-refractivity contribution in [3.8, 4) is 23.5 Å². The topological polar surface area (TPSA) is 130 Å². The van der Waals surface area contributed by atoms with Crippen LogP contribution in [-0.2, 0) is 9.84 Å². The molecule has 192 valence electrons. The van der Waals surface area contributed by atoms with Crippen molar-refractivity contribution in [2.75, 3.05) is 0 Å². The zero-order valence-electron chi connectivity index (χ0n) is 19.5. The molecule has 0 N–H and O–H groups in total. The third-order valence-electron chi connectivity index (χ3n) is 4.63. The normalized spacial score (nSPS) is 11.5. The van der Waals surface area contributed by atoms with Gasteiger partial charge in [0.15, 0.2) is 11.5 Å². The molecule has 0 unspecified atom stereocenters. The van der Waals surface area contributed by atoms with Gasteiger partial charge < -0.3 is 9.47 Å². The molecule has 0 saturated carbocycles. The number of hydrogen-bond acceptors (Lipinski definition) is 10. The molecule has 4 rings (SSSR count). The highest BCUT2D eigenvalue weighted by atomic mass is 79.9. The van der Waals surface area contributed by atoms with E-state index in [4.69, 9.17) is 9.47 Å². The molecule has 0 spiro atoms. The van der Waals surface area contributed by atoms with Crippen molar-refractivity contribution >= 4 is 73.6 Å². The first-order valence-electron chi connectivity index (χ1n) is 10.3. The molecule has 0 atom stereocenters. The minimum absolute atomic E-state index is 0.0257. The highest BCUT2D eigenvalue weighted by molar-refractivity contribution is 9.11. The van der Waals surface area contributed by atoms with E-state index >= 15 is 0 Å². The maximum absolute atomic E-state index is 13.5. The number of sulfone groups is 1. The van der Waals surface area contributed by atoms with Crippen molar-refractivity contribution in [3.05, 3.63) is 65.5 Å². The van der Waals surface area contributed by atoms with Crippen molar-refractivity contribution in [2.45, 2.75) is 37.5 Å². The van der Waals surface area contributed by atoms with Crippen LogP contribution in [0.25, 0.3) is 0 Å². The minimum atomic E-state index is -3.95. The number of halogens is 4. The zero-order chi connectivity index (χ0) is 27.1. The van der Waals surface area contributed by atoms with Crippen LogP contribution >= 0.6 is 63.7 Å². The first-order valence-corrected chi connectivity index (χ1v) is 15.0. The third kappa shape index (κ3) is 6.33. The van der Waals surface area contributed by atoms with E-state index in [0.717, 1.165) is 0 Å². The number of rotatable bonds is 6. The molecular formula is C22H16Br4N6O4S. The van der Waals surface area contributed by atoms with Crippen LogP contribution in [0.15, 0.2) is 51.9 Å². The zero-order valence-corrected chi connectivity index (χ0v) is 26.7. The van der Waals surface area contributed by atoms with Crippen LogP contribution in [0.5, 0.6) is 23.5 Å². The Bertz CT molecular complexity index is 1450. The summed E-state index contributed by atoms with van der Waals surface area (Å²) in [6, 6.07) is 5.96. The van der Waals surface area contributed by atoms with Crippen LogP contribution in [-0.4, -0.2) is 38.3 Å². The molecule has 2 heterocycles. The highest BCUT2D eigenvalue weighted by Gasteiger charge is 2.25. The smallest absolute Gasteiger partial charge is 0.325 e. The average Bonchev–Trinajstić information content (AvgIpc) is 2.77. The lowest BCUT2D eigenvalue weighted by Gasteiger charge is -2.14. The Kier molecular flexibility index (Phi) is 8.28. The van der Waals surface area contributed by atoms with Gasteiger partial charge >= 0.3 is 12.0 Å². The summed E-state index contributed by atoms with van der Waals surface area (Å²) < 4.78 is 40.2. The molecule has 15 heteroatoms. The number of aromatic nitrogens is 6. The van der Waals surface area contributed by atoms with E-state index in [0.29, 0.717) is 52.7 Å². The number of ether oxygens (including phenoxy) is 2. The maximum Gasteiger partial charge on any atom is 0.325 e. The summed E-state index contributed by atoms with van der Waals surface area (Å²) in [6.07, 6.45) is 0. The maximum atomic E-state index is 13.5. The molecule has 0 amide bonds. The largest absolute Gasteiger partial charge is 0.422 e. The van der Waals surface area contributed by atoms with Gasteiger partial charge in [-0.25, -0.2) is 18.4 Å². The molecule has 0 saturated heterocycles. The predicted molar refractivity (Wildman–Crippen MR) is 148 cm³/mol. The lowest BCUT2D eigenvalue weighted by atomic mass is 10.3. The Morgan fingerprint density at radius 1 is 0.541 bits per heavy atom. The van der Waals surface area contributed by atoms with Crippen LogP contribution in [0.2, 0.25) is 0 Å². The lowest BCUT2D eigenvalue weighted by molar-refractivity contribution is 0.429. The molecule has 2 aromatic heterocycles. The van der Waals surface area contributed by atoms with E-state index in [1.807, 2.05) is 0 Å². The SMILES string of the molecule is Cc1nc(C)nc(Oc2c(Br)cc(S(=O)(=O)c3cc(Br)c(Oc4nc(C)nc(C)n4)c(Br)c3)cc2Br)n1. The van der Waals surface area contributed by atoms with E-state index < -0.39 is 9.84 Å². The third-order valence-corrected chi connectivity index (χ3v) is 8.70. The minimum Gasteiger partial charge on any atom is -0.422 e. The number of aryl methyl sites for hydroxylation is 4. The Labute approximate surface area is 246 Å². The highest BCUT2D eigenvalue weighted by Crippen LogP contribution is 2.42. The molecule has 4 aromatic rings. The summed E-state index contributed by atoms with van der Waals surface area (Å²) in [4.78, 5) is 24.9. The first-order chi connectivity index (χ1) is 17.3. The monoisotopic (exact) mass is 776 g/mol. The van der Waals surface area contributed by atoms with Crippen LogP contribution in [0.1, 0.15) is 23.3 Å². The quantitative estimate of drug-likeness (QED) is 0.207. The Morgan fingerprint density at radius 2 is 0.811 bits per heavy atom. The van der Waals surface area contributed by atoms with Crippen LogP contribution in [0.3, 0.4) is 0 Å². The fourth-order valence-electron chi connectivity index (χ4n) is 3.16. The molecule has 0 fully saturated rings. The molecule has 37 heavy (non-hydrogen) atoms. The van der Waals surface area contributed by atoms with Gasteiger partial charge in [0.2, 0.25) is 9.84 Å². The Balaban J connectivity index is 1.68. The number of benzene rings is 2. The summed E-state index contributed by atoms with van der Waals surface area (Å²) in [5.74, 6) is 2.63.